The predicted octanol–water partition coefficient (Wildman–Crippen LogP) is 4.42. The highest BCUT2D eigenvalue weighted by Gasteiger charge is 2.15. The minimum Gasteiger partial charge on any atom is -0.451 e. The Morgan fingerprint density at radius 2 is 2.14 bits per heavy atom. The molecule has 7 heteroatoms. The second kappa shape index (κ2) is 5.57. The summed E-state index contributed by atoms with van der Waals surface area (Å²) in [6.07, 6.45) is 0. The summed E-state index contributed by atoms with van der Waals surface area (Å²) in [5.41, 5.74) is 0.670. The van der Waals surface area contributed by atoms with Crippen LogP contribution in [0, 0.1) is 0 Å². The summed E-state index contributed by atoms with van der Waals surface area (Å²) in [6, 6.07) is 7.29. The molecule has 0 saturated carbocycles. The number of nitrogens with one attached hydrogen (secondary N) is 1. The summed E-state index contributed by atoms with van der Waals surface area (Å²) in [4.78, 5) is 12.2. The lowest BCUT2D eigenvalue weighted by Gasteiger charge is -1.96. The van der Waals surface area contributed by atoms with Crippen molar-refractivity contribution in [2.24, 2.45) is 0 Å². The largest absolute Gasteiger partial charge is 0.451 e. The molecule has 108 valence electrons. The van der Waals surface area contributed by atoms with Gasteiger partial charge in [-0.15, -0.1) is 10.2 Å². The van der Waals surface area contributed by atoms with Gasteiger partial charge in [0.2, 0.25) is 5.13 Å². The number of carbonyl (C=O) groups excluding carboxylic acids is 1. The standard InChI is InChI=1S/C14H12BrN3O2S/c1-7(2)13-17-18-14(21-13)16-12(19)11-6-8-5-9(15)3-4-10(8)20-11/h3-7H,1-2H3,(H,16,18,19). The van der Waals surface area contributed by atoms with E-state index >= 15 is 0 Å². The molecule has 2 heterocycles. The number of rotatable bonds is 3. The molecule has 2 aromatic heterocycles. The molecule has 0 radical (unpaired) electrons. The molecule has 0 unspecified atom stereocenters. The number of hydrogen-bond donors (Lipinski definition) is 1. The lowest BCUT2D eigenvalue weighted by Crippen LogP contribution is -2.10. The molecule has 21 heavy (non-hydrogen) atoms. The first-order valence-corrected chi connectivity index (χ1v) is 7.98. The molecule has 5 nitrogen and oxygen atoms in total. The lowest BCUT2D eigenvalue weighted by molar-refractivity contribution is 0.0998. The summed E-state index contributed by atoms with van der Waals surface area (Å²) >= 11 is 4.76. The number of carbonyl (C=O) groups is 1. The van der Waals surface area contributed by atoms with Crippen LogP contribution in [0.3, 0.4) is 0 Å². The van der Waals surface area contributed by atoms with Crippen LogP contribution >= 0.6 is 27.3 Å². The Hall–Kier alpha value is -1.73. The van der Waals surface area contributed by atoms with Crippen LogP contribution in [0.25, 0.3) is 11.0 Å². The average Bonchev–Trinajstić information content (AvgIpc) is 3.04. The first-order valence-electron chi connectivity index (χ1n) is 6.37. The van der Waals surface area contributed by atoms with Crippen molar-refractivity contribution < 1.29 is 9.21 Å². The van der Waals surface area contributed by atoms with Crippen LogP contribution in [-0.2, 0) is 0 Å². The van der Waals surface area contributed by atoms with Crippen molar-refractivity contribution >= 4 is 49.3 Å². The summed E-state index contributed by atoms with van der Waals surface area (Å²) in [6.45, 7) is 4.06. The Balaban J connectivity index is 1.82. The van der Waals surface area contributed by atoms with Crippen LogP contribution in [0.5, 0.6) is 0 Å². The van der Waals surface area contributed by atoms with Crippen molar-refractivity contribution in [1.82, 2.24) is 10.2 Å². The number of aromatic nitrogens is 2. The van der Waals surface area contributed by atoms with E-state index < -0.39 is 0 Å². The quantitative estimate of drug-likeness (QED) is 0.745. The summed E-state index contributed by atoms with van der Waals surface area (Å²) in [5.74, 6) is 0.217. The molecule has 3 rings (SSSR count). The normalized spacial score (nSPS) is 11.2. The highest BCUT2D eigenvalue weighted by molar-refractivity contribution is 9.10. The lowest BCUT2D eigenvalue weighted by atomic mass is 10.2. The predicted molar refractivity (Wildman–Crippen MR) is 85.9 cm³/mol. The minimum atomic E-state index is -0.325. The number of amides is 1. The van der Waals surface area contributed by atoms with E-state index in [2.05, 4.69) is 31.4 Å². The second-order valence-corrected chi connectivity index (χ2v) is 6.77. The van der Waals surface area contributed by atoms with Gasteiger partial charge in [0.15, 0.2) is 5.76 Å². The molecule has 0 aliphatic heterocycles. The van der Waals surface area contributed by atoms with E-state index in [4.69, 9.17) is 4.42 Å². The van der Waals surface area contributed by atoms with Crippen molar-refractivity contribution in [2.75, 3.05) is 5.32 Å². The molecule has 0 spiro atoms. The Morgan fingerprint density at radius 3 is 2.86 bits per heavy atom. The Bertz CT molecular complexity index is 810. The first kappa shape index (κ1) is 14.2. The third-order valence-electron chi connectivity index (χ3n) is 2.86. The molecule has 0 bridgehead atoms. The summed E-state index contributed by atoms with van der Waals surface area (Å²) < 4.78 is 6.47. The fraction of sp³-hybridized carbons (Fsp3) is 0.214. The van der Waals surface area contributed by atoms with Gasteiger partial charge < -0.3 is 4.42 Å². The fourth-order valence-electron chi connectivity index (χ4n) is 1.80. The molecule has 3 aromatic rings. The van der Waals surface area contributed by atoms with Crippen LogP contribution in [-0.4, -0.2) is 16.1 Å². The zero-order chi connectivity index (χ0) is 15.0. The highest BCUT2D eigenvalue weighted by atomic mass is 79.9. The van der Waals surface area contributed by atoms with Gasteiger partial charge in [-0.25, -0.2) is 0 Å². The maximum atomic E-state index is 12.2. The number of hydrogen-bond acceptors (Lipinski definition) is 5. The van der Waals surface area contributed by atoms with Crippen molar-refractivity contribution in [3.63, 3.8) is 0 Å². The van der Waals surface area contributed by atoms with E-state index in [1.165, 1.54) is 11.3 Å². The molecule has 0 aliphatic rings. The van der Waals surface area contributed by atoms with E-state index in [1.807, 2.05) is 32.0 Å². The molecule has 0 saturated heterocycles. The van der Waals surface area contributed by atoms with Gasteiger partial charge in [0, 0.05) is 15.8 Å². The maximum absolute atomic E-state index is 12.2. The number of anilines is 1. The van der Waals surface area contributed by atoms with E-state index in [0.29, 0.717) is 10.7 Å². The van der Waals surface area contributed by atoms with Gasteiger partial charge in [0.25, 0.3) is 5.91 Å². The van der Waals surface area contributed by atoms with E-state index in [9.17, 15) is 4.79 Å². The molecular formula is C14H12BrN3O2S. The number of furan rings is 1. The smallest absolute Gasteiger partial charge is 0.293 e. The zero-order valence-corrected chi connectivity index (χ0v) is 13.8. The Kier molecular flexibility index (Phi) is 3.77. The van der Waals surface area contributed by atoms with Crippen molar-refractivity contribution in [1.29, 1.82) is 0 Å². The minimum absolute atomic E-state index is 0.254. The Labute approximate surface area is 133 Å². The third kappa shape index (κ3) is 2.98. The first-order chi connectivity index (χ1) is 10.0. The van der Waals surface area contributed by atoms with Crippen LogP contribution < -0.4 is 5.32 Å². The summed E-state index contributed by atoms with van der Waals surface area (Å²) in [5, 5.41) is 12.9. The van der Waals surface area contributed by atoms with Crippen molar-refractivity contribution in [3.05, 3.63) is 39.5 Å². The van der Waals surface area contributed by atoms with Gasteiger partial charge >= 0.3 is 0 Å². The fourth-order valence-corrected chi connectivity index (χ4v) is 2.92. The van der Waals surface area contributed by atoms with E-state index in [1.54, 1.807) is 6.07 Å². The molecule has 0 fully saturated rings. The van der Waals surface area contributed by atoms with E-state index in [0.717, 1.165) is 14.9 Å². The topological polar surface area (TPSA) is 68.0 Å². The van der Waals surface area contributed by atoms with Crippen molar-refractivity contribution in [2.45, 2.75) is 19.8 Å². The van der Waals surface area contributed by atoms with Crippen LogP contribution in [0.15, 0.2) is 33.2 Å². The summed E-state index contributed by atoms with van der Waals surface area (Å²) in [7, 11) is 0. The van der Waals surface area contributed by atoms with Crippen LogP contribution in [0.2, 0.25) is 0 Å². The molecule has 1 aromatic carbocycles. The molecular weight excluding hydrogens is 354 g/mol. The van der Waals surface area contributed by atoms with Crippen LogP contribution in [0.1, 0.15) is 35.3 Å². The molecule has 1 N–H and O–H groups in total. The van der Waals surface area contributed by atoms with Gasteiger partial charge in [-0.05, 0) is 24.3 Å². The van der Waals surface area contributed by atoms with Crippen LogP contribution in [0.4, 0.5) is 5.13 Å². The van der Waals surface area contributed by atoms with Gasteiger partial charge in [-0.2, -0.15) is 0 Å². The van der Waals surface area contributed by atoms with Gasteiger partial charge in [0.05, 0.1) is 0 Å². The Morgan fingerprint density at radius 1 is 1.33 bits per heavy atom. The molecule has 0 aliphatic carbocycles. The zero-order valence-electron chi connectivity index (χ0n) is 11.4. The third-order valence-corrected chi connectivity index (χ3v) is 4.49. The van der Waals surface area contributed by atoms with Gasteiger partial charge in [-0.1, -0.05) is 41.1 Å². The highest BCUT2D eigenvalue weighted by Crippen LogP contribution is 2.25. The number of nitrogens with zero attached hydrogens (tertiary/aromatic N) is 2. The molecule has 0 atom stereocenters. The monoisotopic (exact) mass is 365 g/mol. The van der Waals surface area contributed by atoms with Crippen molar-refractivity contribution in [3.8, 4) is 0 Å². The second-order valence-electron chi connectivity index (χ2n) is 4.85. The number of fused-ring (bicyclic) bond motifs is 1. The SMILES string of the molecule is CC(C)c1nnc(NC(=O)c2cc3cc(Br)ccc3o2)s1. The maximum Gasteiger partial charge on any atom is 0.293 e. The number of benzene rings is 1. The van der Waals surface area contributed by atoms with E-state index in [-0.39, 0.29) is 17.6 Å². The molecule has 1 amide bonds. The average molecular weight is 366 g/mol. The van der Waals surface area contributed by atoms with Gasteiger partial charge in [-0.3, -0.25) is 10.1 Å². The number of halogens is 1. The van der Waals surface area contributed by atoms with Gasteiger partial charge in [0.1, 0.15) is 10.6 Å².